The van der Waals surface area contributed by atoms with Gasteiger partial charge in [0.05, 0.1) is 5.02 Å². The Balaban J connectivity index is 2.24. The molecule has 92 valence electrons. The number of carbonyl (C=O) groups is 1. The third kappa shape index (κ3) is 2.98. The van der Waals surface area contributed by atoms with Crippen LogP contribution in [0, 0.1) is 5.82 Å². The van der Waals surface area contributed by atoms with Crippen molar-refractivity contribution in [2.75, 3.05) is 0 Å². The van der Waals surface area contributed by atoms with Crippen molar-refractivity contribution in [2.24, 2.45) is 0 Å². The molecule has 0 fully saturated rings. The molecule has 0 aromatic heterocycles. The van der Waals surface area contributed by atoms with Crippen molar-refractivity contribution in [2.45, 2.75) is 6.42 Å². The summed E-state index contributed by atoms with van der Waals surface area (Å²) in [5.41, 5.74) is 1.22. The van der Waals surface area contributed by atoms with Crippen LogP contribution < -0.4 is 0 Å². The lowest BCUT2D eigenvalue weighted by Gasteiger charge is -2.05. The molecule has 0 saturated heterocycles. The molecule has 1 nitrogen and oxygen atoms in total. The number of carbonyl (C=O) groups excluding carboxylic acids is 1. The van der Waals surface area contributed by atoms with E-state index in [2.05, 4.69) is 15.9 Å². The molecule has 0 unspecified atom stereocenters. The van der Waals surface area contributed by atoms with Crippen LogP contribution in [0.4, 0.5) is 4.39 Å². The minimum Gasteiger partial charge on any atom is -0.294 e. The van der Waals surface area contributed by atoms with Crippen molar-refractivity contribution in [3.05, 3.63) is 68.9 Å². The van der Waals surface area contributed by atoms with Crippen molar-refractivity contribution < 1.29 is 9.18 Å². The van der Waals surface area contributed by atoms with Gasteiger partial charge in [-0.2, -0.15) is 0 Å². The van der Waals surface area contributed by atoms with E-state index >= 15 is 0 Å². The second kappa shape index (κ2) is 5.63. The third-order valence-electron chi connectivity index (χ3n) is 2.54. The lowest BCUT2D eigenvalue weighted by Crippen LogP contribution is -2.05. The minimum absolute atomic E-state index is 0.0899. The van der Waals surface area contributed by atoms with Crippen LogP contribution in [0.25, 0.3) is 0 Å². The van der Waals surface area contributed by atoms with Gasteiger partial charge in [0.1, 0.15) is 5.82 Å². The molecule has 0 heterocycles. The second-order valence-corrected chi connectivity index (χ2v) is 5.08. The van der Waals surface area contributed by atoms with Crippen molar-refractivity contribution in [3.63, 3.8) is 0 Å². The predicted molar refractivity (Wildman–Crippen MR) is 73.6 cm³/mol. The average Bonchev–Trinajstić information content (AvgIpc) is 2.33. The normalized spacial score (nSPS) is 10.4. The van der Waals surface area contributed by atoms with E-state index in [1.54, 1.807) is 30.3 Å². The molecular weight excluding hydrogens is 319 g/mol. The van der Waals surface area contributed by atoms with Crippen LogP contribution in [-0.4, -0.2) is 5.78 Å². The zero-order valence-electron chi connectivity index (χ0n) is 9.29. The Morgan fingerprint density at radius 2 is 1.94 bits per heavy atom. The molecule has 0 bridgehead atoms. The molecular formula is C14H9BrClFO. The van der Waals surface area contributed by atoms with E-state index in [9.17, 15) is 9.18 Å². The summed E-state index contributed by atoms with van der Waals surface area (Å²) in [5.74, 6) is -0.427. The predicted octanol–water partition coefficient (Wildman–Crippen LogP) is 4.67. The summed E-state index contributed by atoms with van der Waals surface area (Å²) >= 11 is 9.20. The molecule has 0 N–H and O–H groups in total. The van der Waals surface area contributed by atoms with Gasteiger partial charge in [0.2, 0.25) is 0 Å². The van der Waals surface area contributed by atoms with Crippen LogP contribution in [0.5, 0.6) is 0 Å². The number of Topliss-reactive ketones (excluding diaryl/α,β-unsaturated/α-hetero) is 1. The SMILES string of the molecule is O=C(Cc1ccc(F)cc1Br)c1ccccc1Cl. The highest BCUT2D eigenvalue weighted by Crippen LogP contribution is 2.22. The molecule has 0 spiro atoms. The number of halogens is 3. The molecule has 2 rings (SSSR count). The highest BCUT2D eigenvalue weighted by atomic mass is 79.9. The van der Waals surface area contributed by atoms with E-state index < -0.39 is 0 Å². The van der Waals surface area contributed by atoms with Gasteiger partial charge in [-0.05, 0) is 29.8 Å². The standard InChI is InChI=1S/C14H9BrClFO/c15-12-8-10(17)6-5-9(12)7-14(18)11-3-1-2-4-13(11)16/h1-6,8H,7H2. The molecule has 0 aliphatic heterocycles. The first-order valence-corrected chi connectivity index (χ1v) is 6.46. The Bertz CT molecular complexity index is 598. The first-order valence-electron chi connectivity index (χ1n) is 5.29. The quantitative estimate of drug-likeness (QED) is 0.749. The molecule has 2 aromatic carbocycles. The van der Waals surface area contributed by atoms with Gasteiger partial charge in [-0.25, -0.2) is 4.39 Å². The van der Waals surface area contributed by atoms with Gasteiger partial charge in [0, 0.05) is 16.5 Å². The largest absolute Gasteiger partial charge is 0.294 e. The lowest BCUT2D eigenvalue weighted by atomic mass is 10.0. The van der Waals surface area contributed by atoms with Crippen molar-refractivity contribution >= 4 is 33.3 Å². The highest BCUT2D eigenvalue weighted by Gasteiger charge is 2.12. The molecule has 4 heteroatoms. The van der Waals surface area contributed by atoms with Crippen LogP contribution in [-0.2, 0) is 6.42 Å². The second-order valence-electron chi connectivity index (χ2n) is 3.82. The fourth-order valence-electron chi connectivity index (χ4n) is 1.62. The van der Waals surface area contributed by atoms with Crippen LogP contribution in [0.2, 0.25) is 5.02 Å². The van der Waals surface area contributed by atoms with Crippen LogP contribution in [0.15, 0.2) is 46.9 Å². The van der Waals surface area contributed by atoms with Crippen LogP contribution >= 0.6 is 27.5 Å². The fourth-order valence-corrected chi connectivity index (χ4v) is 2.35. The first kappa shape index (κ1) is 13.2. The van der Waals surface area contributed by atoms with E-state index in [1.807, 2.05) is 0 Å². The van der Waals surface area contributed by atoms with Crippen molar-refractivity contribution in [1.29, 1.82) is 0 Å². The summed E-state index contributed by atoms with van der Waals surface area (Å²) in [5, 5.41) is 0.431. The van der Waals surface area contributed by atoms with Gasteiger partial charge in [0.15, 0.2) is 5.78 Å². The summed E-state index contributed by atoms with van der Waals surface area (Å²) in [4.78, 5) is 12.1. The molecule has 0 radical (unpaired) electrons. The molecule has 0 amide bonds. The molecule has 0 aliphatic rings. The Hall–Kier alpha value is -1.19. The monoisotopic (exact) mass is 326 g/mol. The van der Waals surface area contributed by atoms with E-state index in [-0.39, 0.29) is 18.0 Å². The molecule has 0 atom stereocenters. The van der Waals surface area contributed by atoms with Crippen molar-refractivity contribution in [1.82, 2.24) is 0 Å². The van der Waals surface area contributed by atoms with Crippen molar-refractivity contribution in [3.8, 4) is 0 Å². The molecule has 18 heavy (non-hydrogen) atoms. The van der Waals surface area contributed by atoms with Gasteiger partial charge in [-0.3, -0.25) is 4.79 Å². The topological polar surface area (TPSA) is 17.1 Å². The summed E-state index contributed by atoms with van der Waals surface area (Å²) in [6.45, 7) is 0. The molecule has 2 aromatic rings. The zero-order chi connectivity index (χ0) is 13.1. The molecule has 0 saturated carbocycles. The summed E-state index contributed by atoms with van der Waals surface area (Å²) < 4.78 is 13.5. The van der Waals surface area contributed by atoms with Gasteiger partial charge >= 0.3 is 0 Å². The number of ketones is 1. The van der Waals surface area contributed by atoms with Crippen LogP contribution in [0.1, 0.15) is 15.9 Å². The third-order valence-corrected chi connectivity index (χ3v) is 3.61. The lowest BCUT2D eigenvalue weighted by molar-refractivity contribution is 0.0993. The first-order chi connectivity index (χ1) is 8.58. The Morgan fingerprint density at radius 1 is 1.22 bits per heavy atom. The van der Waals surface area contributed by atoms with E-state index in [0.717, 1.165) is 5.56 Å². The maximum Gasteiger partial charge on any atom is 0.168 e. The van der Waals surface area contributed by atoms with Gasteiger partial charge < -0.3 is 0 Å². The zero-order valence-corrected chi connectivity index (χ0v) is 11.6. The van der Waals surface area contributed by atoms with E-state index in [1.165, 1.54) is 12.1 Å². The Labute approximate surface area is 118 Å². The smallest absolute Gasteiger partial charge is 0.168 e. The number of benzene rings is 2. The fraction of sp³-hybridized carbons (Fsp3) is 0.0714. The summed E-state index contributed by atoms with van der Waals surface area (Å²) in [7, 11) is 0. The minimum atomic E-state index is -0.337. The van der Waals surface area contributed by atoms with Gasteiger partial charge in [0.25, 0.3) is 0 Å². The average molecular weight is 328 g/mol. The van der Waals surface area contributed by atoms with Gasteiger partial charge in [-0.15, -0.1) is 0 Å². The summed E-state index contributed by atoms with van der Waals surface area (Å²) in [6.07, 6.45) is 0.185. The number of hydrogen-bond donors (Lipinski definition) is 0. The Kier molecular flexibility index (Phi) is 4.15. The maximum absolute atomic E-state index is 12.9. The van der Waals surface area contributed by atoms with E-state index in [0.29, 0.717) is 15.1 Å². The Morgan fingerprint density at radius 3 is 2.61 bits per heavy atom. The highest BCUT2D eigenvalue weighted by molar-refractivity contribution is 9.10. The van der Waals surface area contributed by atoms with E-state index in [4.69, 9.17) is 11.6 Å². The maximum atomic E-state index is 12.9. The van der Waals surface area contributed by atoms with Crippen LogP contribution in [0.3, 0.4) is 0 Å². The molecule has 0 aliphatic carbocycles. The number of hydrogen-bond acceptors (Lipinski definition) is 1. The number of rotatable bonds is 3. The summed E-state index contributed by atoms with van der Waals surface area (Å²) in [6, 6.07) is 11.2. The van der Waals surface area contributed by atoms with Gasteiger partial charge in [-0.1, -0.05) is 45.7 Å².